The molecule has 2 saturated carbocycles. The minimum Gasteiger partial charge on any atom is -0.462 e. The van der Waals surface area contributed by atoms with Gasteiger partial charge in [0, 0.05) is 38.6 Å². The summed E-state index contributed by atoms with van der Waals surface area (Å²) < 4.78 is 17.2. The first-order valence-electron chi connectivity index (χ1n) is 11.9. The van der Waals surface area contributed by atoms with Crippen LogP contribution in [0.1, 0.15) is 49.6 Å². The third kappa shape index (κ3) is 3.23. The van der Waals surface area contributed by atoms with Crippen LogP contribution in [0, 0.1) is 23.2 Å². The number of ether oxygens (including phenoxy) is 2. The van der Waals surface area contributed by atoms with E-state index in [1.807, 2.05) is 4.90 Å². The number of hydrogen-bond acceptors (Lipinski definition) is 6. The van der Waals surface area contributed by atoms with Crippen LogP contribution < -0.4 is 0 Å². The molecular formula is C24H32N2O5. The van der Waals surface area contributed by atoms with Crippen LogP contribution >= 0.6 is 0 Å². The van der Waals surface area contributed by atoms with Crippen molar-refractivity contribution < 1.29 is 23.5 Å². The molecule has 6 rings (SSSR count). The highest BCUT2D eigenvalue weighted by Crippen LogP contribution is 2.62. The van der Waals surface area contributed by atoms with Crippen molar-refractivity contribution in [3.63, 3.8) is 0 Å². The second kappa shape index (κ2) is 7.07. The van der Waals surface area contributed by atoms with Crippen molar-refractivity contribution in [1.82, 2.24) is 9.80 Å². The van der Waals surface area contributed by atoms with Crippen molar-refractivity contribution in [2.75, 3.05) is 39.3 Å². The zero-order valence-electron chi connectivity index (χ0n) is 18.3. The van der Waals surface area contributed by atoms with Gasteiger partial charge < -0.3 is 18.8 Å². The Bertz CT molecular complexity index is 857. The van der Waals surface area contributed by atoms with Crippen molar-refractivity contribution in [3.05, 3.63) is 24.2 Å². The van der Waals surface area contributed by atoms with Crippen molar-refractivity contribution in [2.45, 2.75) is 50.7 Å². The van der Waals surface area contributed by atoms with Gasteiger partial charge in [0.15, 0.2) is 5.76 Å². The van der Waals surface area contributed by atoms with Crippen LogP contribution in [0.2, 0.25) is 0 Å². The van der Waals surface area contributed by atoms with E-state index in [0.29, 0.717) is 30.7 Å². The molecular weight excluding hydrogens is 396 g/mol. The second-order valence-electron chi connectivity index (χ2n) is 10.7. The molecule has 0 radical (unpaired) electrons. The Hall–Kier alpha value is -1.86. The number of carbonyl (C=O) groups excluding carboxylic acids is 2. The van der Waals surface area contributed by atoms with E-state index < -0.39 is 0 Å². The van der Waals surface area contributed by atoms with Crippen molar-refractivity contribution in [3.8, 4) is 0 Å². The normalized spacial score (nSPS) is 42.2. The molecule has 2 aliphatic carbocycles. The molecule has 0 unspecified atom stereocenters. The maximum Gasteiger partial charge on any atom is 0.310 e. The van der Waals surface area contributed by atoms with E-state index in [2.05, 4.69) is 11.8 Å². The lowest BCUT2D eigenvalue weighted by molar-refractivity contribution is -0.147. The molecule has 5 aliphatic rings. The fraction of sp³-hybridized carbons (Fsp3) is 0.750. The Morgan fingerprint density at radius 3 is 2.74 bits per heavy atom. The summed E-state index contributed by atoms with van der Waals surface area (Å²) in [6, 6.07) is 3.45. The molecule has 6 atom stereocenters. The monoisotopic (exact) mass is 428 g/mol. The van der Waals surface area contributed by atoms with Gasteiger partial charge in [-0.1, -0.05) is 6.92 Å². The van der Waals surface area contributed by atoms with E-state index in [0.717, 1.165) is 39.1 Å². The predicted octanol–water partition coefficient (Wildman–Crippen LogP) is 2.56. The molecule has 3 aliphatic heterocycles. The molecule has 168 valence electrons. The van der Waals surface area contributed by atoms with Crippen molar-refractivity contribution in [2.24, 2.45) is 23.2 Å². The lowest BCUT2D eigenvalue weighted by Gasteiger charge is -2.51. The molecule has 7 heteroatoms. The van der Waals surface area contributed by atoms with Crippen LogP contribution in [0.15, 0.2) is 22.8 Å². The molecule has 5 fully saturated rings. The first-order chi connectivity index (χ1) is 15.0. The van der Waals surface area contributed by atoms with Crippen LogP contribution in [-0.4, -0.2) is 72.7 Å². The summed E-state index contributed by atoms with van der Waals surface area (Å²) in [4.78, 5) is 29.6. The number of amides is 1. The minimum absolute atomic E-state index is 0.0166. The third-order valence-electron chi connectivity index (χ3n) is 8.93. The zero-order chi connectivity index (χ0) is 21.2. The van der Waals surface area contributed by atoms with Crippen LogP contribution in [0.5, 0.6) is 0 Å². The lowest BCUT2D eigenvalue weighted by Crippen LogP contribution is -2.53. The Morgan fingerprint density at radius 2 is 2.03 bits per heavy atom. The van der Waals surface area contributed by atoms with Gasteiger partial charge in [0.05, 0.1) is 24.4 Å². The Labute approximate surface area is 183 Å². The predicted molar refractivity (Wildman–Crippen MR) is 111 cm³/mol. The SMILES string of the molecule is C[C@]12CCC[C@]3(CO3)[C@H]1C[C@H]1[C@@H](C2)OC(=O)[C@@H]1CN1CCN(C(=O)c2ccco2)CC1. The number of piperazine rings is 1. The maximum absolute atomic E-state index is 12.9. The van der Waals surface area contributed by atoms with Crippen LogP contribution in [0.25, 0.3) is 0 Å². The average molecular weight is 429 g/mol. The quantitative estimate of drug-likeness (QED) is 0.544. The van der Waals surface area contributed by atoms with E-state index in [-0.39, 0.29) is 34.9 Å². The Morgan fingerprint density at radius 1 is 1.23 bits per heavy atom. The van der Waals surface area contributed by atoms with Gasteiger partial charge in [-0.25, -0.2) is 0 Å². The molecule has 3 saturated heterocycles. The summed E-state index contributed by atoms with van der Waals surface area (Å²) >= 11 is 0. The minimum atomic E-state index is -0.0559. The topological polar surface area (TPSA) is 75.5 Å². The lowest BCUT2D eigenvalue weighted by atomic mass is 9.53. The summed E-state index contributed by atoms with van der Waals surface area (Å²) in [6.45, 7) is 6.91. The molecule has 7 nitrogen and oxygen atoms in total. The van der Waals surface area contributed by atoms with Crippen molar-refractivity contribution >= 4 is 11.9 Å². The number of hydrogen-bond donors (Lipinski definition) is 0. The molecule has 4 heterocycles. The summed E-state index contributed by atoms with van der Waals surface area (Å²) in [5.41, 5.74) is 0.328. The fourth-order valence-corrected chi connectivity index (χ4v) is 7.13. The van der Waals surface area contributed by atoms with E-state index in [1.54, 1.807) is 12.1 Å². The number of esters is 1. The average Bonchev–Trinajstić information content (AvgIpc) is 3.19. The smallest absolute Gasteiger partial charge is 0.310 e. The first-order valence-corrected chi connectivity index (χ1v) is 11.9. The first kappa shape index (κ1) is 19.8. The van der Waals surface area contributed by atoms with Crippen LogP contribution in [0.4, 0.5) is 0 Å². The van der Waals surface area contributed by atoms with E-state index in [1.165, 1.54) is 25.5 Å². The Balaban J connectivity index is 1.11. The van der Waals surface area contributed by atoms with Gasteiger partial charge in [0.1, 0.15) is 6.10 Å². The van der Waals surface area contributed by atoms with Crippen molar-refractivity contribution in [1.29, 1.82) is 0 Å². The van der Waals surface area contributed by atoms with Crippen LogP contribution in [-0.2, 0) is 14.3 Å². The highest BCUT2D eigenvalue weighted by Gasteiger charge is 2.65. The summed E-state index contributed by atoms with van der Waals surface area (Å²) in [7, 11) is 0. The van der Waals surface area contributed by atoms with Gasteiger partial charge in [-0.2, -0.15) is 0 Å². The van der Waals surface area contributed by atoms with E-state index in [9.17, 15) is 9.59 Å². The number of nitrogens with zero attached hydrogens (tertiary/aromatic N) is 2. The van der Waals surface area contributed by atoms with Gasteiger partial charge in [0.2, 0.25) is 0 Å². The molecule has 1 amide bonds. The van der Waals surface area contributed by atoms with Gasteiger partial charge >= 0.3 is 5.97 Å². The Kier molecular flexibility index (Phi) is 4.52. The number of furan rings is 1. The fourth-order valence-electron chi connectivity index (χ4n) is 7.13. The summed E-state index contributed by atoms with van der Waals surface area (Å²) in [5, 5.41) is 0. The molecule has 0 bridgehead atoms. The van der Waals surface area contributed by atoms with Gasteiger partial charge in [-0.05, 0) is 55.6 Å². The maximum atomic E-state index is 12.9. The number of rotatable bonds is 3. The molecule has 1 aromatic heterocycles. The number of epoxide rings is 1. The molecule has 1 aromatic rings. The highest BCUT2D eigenvalue weighted by molar-refractivity contribution is 5.91. The largest absolute Gasteiger partial charge is 0.462 e. The van der Waals surface area contributed by atoms with Gasteiger partial charge in [-0.15, -0.1) is 0 Å². The molecule has 0 N–H and O–H groups in total. The summed E-state index contributed by atoms with van der Waals surface area (Å²) in [5.74, 6) is 1.12. The zero-order valence-corrected chi connectivity index (χ0v) is 18.3. The van der Waals surface area contributed by atoms with E-state index >= 15 is 0 Å². The third-order valence-corrected chi connectivity index (χ3v) is 8.93. The number of carbonyl (C=O) groups is 2. The van der Waals surface area contributed by atoms with Crippen LogP contribution in [0.3, 0.4) is 0 Å². The summed E-state index contributed by atoms with van der Waals surface area (Å²) in [6.07, 6.45) is 7.26. The van der Waals surface area contributed by atoms with Gasteiger partial charge in [0.25, 0.3) is 5.91 Å². The number of fused-ring (bicyclic) bond motifs is 3. The molecule has 1 spiro atoms. The second-order valence-corrected chi connectivity index (χ2v) is 10.7. The van der Waals surface area contributed by atoms with E-state index in [4.69, 9.17) is 13.9 Å². The molecule has 31 heavy (non-hydrogen) atoms. The van der Waals surface area contributed by atoms with Gasteiger partial charge in [-0.3, -0.25) is 14.5 Å². The highest BCUT2D eigenvalue weighted by atomic mass is 16.6. The standard InChI is InChI=1S/C24H32N2O5/c1-23-5-3-6-24(15-30-24)20(23)12-16-17(22(28)31-19(16)13-23)14-25-7-9-26(10-8-25)21(27)18-4-2-11-29-18/h2,4,11,16-17,19-20H,3,5-10,12-15H2,1H3/t16-,17-,19-,20+,23-,24+/m1/s1. The molecule has 0 aromatic carbocycles.